The van der Waals surface area contributed by atoms with E-state index < -0.39 is 39.6 Å². The summed E-state index contributed by atoms with van der Waals surface area (Å²) in [5.41, 5.74) is -1.58. The Bertz CT molecular complexity index is 1130. The Balaban J connectivity index is 1.58. The second-order valence-corrected chi connectivity index (χ2v) is 8.99. The van der Waals surface area contributed by atoms with Gasteiger partial charge in [0.25, 0.3) is 11.5 Å². The van der Waals surface area contributed by atoms with Crippen molar-refractivity contribution in [2.24, 2.45) is 5.16 Å². The first kappa shape index (κ1) is 23.6. The molecule has 0 fully saturated rings. The minimum Gasteiger partial charge on any atom is -0.372 e. The maximum absolute atomic E-state index is 14.2. The minimum absolute atomic E-state index is 0.0493. The maximum atomic E-state index is 14.2. The molecule has 4 rings (SSSR count). The van der Waals surface area contributed by atoms with E-state index >= 15 is 0 Å². The molecule has 6 nitrogen and oxygen atoms in total. The van der Waals surface area contributed by atoms with Crippen molar-refractivity contribution in [3.05, 3.63) is 62.6 Å². The van der Waals surface area contributed by atoms with E-state index in [1.807, 2.05) is 13.8 Å². The van der Waals surface area contributed by atoms with Crippen LogP contribution < -0.4 is 5.32 Å². The van der Waals surface area contributed by atoms with Crippen molar-refractivity contribution >= 4 is 34.9 Å². The molecule has 1 N–H and O–H groups in total. The van der Waals surface area contributed by atoms with Crippen LogP contribution in [-0.2, 0) is 23.5 Å². The Labute approximate surface area is 196 Å². The molecule has 0 saturated carbocycles. The van der Waals surface area contributed by atoms with Crippen molar-refractivity contribution < 1.29 is 27.2 Å². The standard InChI is InChI=1S/C21H18Cl2F4N4O2/c1-10(2)29-19(32)16-3-11-8-31(9-12(11)7-28-16)17-6-20(33-30-17,21(25,26)27)13-4-14(22)18(24)15(23)5-13/h3-5,7,10H,6,8-9H2,1-2H3,(H,29,32). The summed E-state index contributed by atoms with van der Waals surface area (Å²) in [5, 5.41) is 5.36. The smallest absolute Gasteiger partial charge is 0.372 e. The van der Waals surface area contributed by atoms with Gasteiger partial charge in [-0.05, 0) is 43.2 Å². The third kappa shape index (κ3) is 4.21. The van der Waals surface area contributed by atoms with Gasteiger partial charge >= 0.3 is 6.18 Å². The molecule has 1 amide bonds. The first-order valence-corrected chi connectivity index (χ1v) is 10.7. The third-order valence-electron chi connectivity index (χ3n) is 5.44. The summed E-state index contributed by atoms with van der Waals surface area (Å²) in [4.78, 5) is 23.0. The van der Waals surface area contributed by atoms with Crippen LogP contribution in [0.25, 0.3) is 0 Å². The van der Waals surface area contributed by atoms with E-state index in [1.165, 1.54) is 6.20 Å². The van der Waals surface area contributed by atoms with Crippen LogP contribution in [-0.4, -0.2) is 33.8 Å². The van der Waals surface area contributed by atoms with Crippen LogP contribution in [0.1, 0.15) is 47.4 Å². The molecule has 12 heteroatoms. The molecule has 2 aromatic rings. The molecule has 0 bridgehead atoms. The fraction of sp³-hybridized carbons (Fsp3) is 0.381. The minimum atomic E-state index is -4.89. The summed E-state index contributed by atoms with van der Waals surface area (Å²) in [6.45, 7) is 4.11. The summed E-state index contributed by atoms with van der Waals surface area (Å²) in [6, 6.07) is 3.23. The number of carbonyl (C=O) groups excluding carboxylic acids is 1. The quantitative estimate of drug-likeness (QED) is 0.462. The van der Waals surface area contributed by atoms with Gasteiger partial charge in [0.2, 0.25) is 0 Å². The van der Waals surface area contributed by atoms with Crippen LogP contribution in [0.15, 0.2) is 29.6 Å². The van der Waals surface area contributed by atoms with Crippen LogP contribution in [0, 0.1) is 5.82 Å². The van der Waals surface area contributed by atoms with E-state index in [1.54, 1.807) is 11.0 Å². The first-order chi connectivity index (χ1) is 15.4. The number of nitrogens with one attached hydrogen (secondary N) is 1. The molecule has 1 aromatic carbocycles. The average Bonchev–Trinajstić information content (AvgIpc) is 3.35. The van der Waals surface area contributed by atoms with E-state index in [0.717, 1.165) is 23.3 Å². The predicted octanol–water partition coefficient (Wildman–Crippen LogP) is 5.17. The Morgan fingerprint density at radius 3 is 2.42 bits per heavy atom. The van der Waals surface area contributed by atoms with Gasteiger partial charge in [-0.3, -0.25) is 9.78 Å². The normalized spacial score (nSPS) is 20.0. The molecule has 2 aliphatic rings. The van der Waals surface area contributed by atoms with Crippen molar-refractivity contribution in [3.63, 3.8) is 0 Å². The molecular formula is C21H18Cl2F4N4O2. The number of aromatic nitrogens is 1. The lowest BCUT2D eigenvalue weighted by Crippen LogP contribution is -2.44. The topological polar surface area (TPSA) is 66.8 Å². The van der Waals surface area contributed by atoms with E-state index in [4.69, 9.17) is 28.0 Å². The zero-order chi connectivity index (χ0) is 24.1. The van der Waals surface area contributed by atoms with Gasteiger partial charge in [0, 0.05) is 30.9 Å². The number of rotatable bonds is 3. The van der Waals surface area contributed by atoms with Crippen LogP contribution in [0.5, 0.6) is 0 Å². The number of oxime groups is 1. The number of halogens is 6. The third-order valence-corrected chi connectivity index (χ3v) is 5.99. The number of amidine groups is 1. The van der Waals surface area contributed by atoms with Gasteiger partial charge in [-0.2, -0.15) is 13.2 Å². The number of alkyl halides is 3. The molecule has 1 atom stereocenters. The molecule has 0 spiro atoms. The summed E-state index contributed by atoms with van der Waals surface area (Å²) in [7, 11) is 0. The van der Waals surface area contributed by atoms with Gasteiger partial charge in [-0.1, -0.05) is 28.4 Å². The summed E-state index contributed by atoms with van der Waals surface area (Å²) in [6.07, 6.45) is -4.02. The lowest BCUT2D eigenvalue weighted by atomic mass is 9.89. The molecule has 176 valence electrons. The predicted molar refractivity (Wildman–Crippen MR) is 113 cm³/mol. The highest BCUT2D eigenvalue weighted by molar-refractivity contribution is 6.35. The number of amides is 1. The summed E-state index contributed by atoms with van der Waals surface area (Å²) in [5.74, 6) is -1.31. The Kier molecular flexibility index (Phi) is 5.94. The second-order valence-electron chi connectivity index (χ2n) is 8.18. The number of benzene rings is 1. The molecule has 1 aromatic heterocycles. The highest BCUT2D eigenvalue weighted by atomic mass is 35.5. The zero-order valence-corrected chi connectivity index (χ0v) is 18.9. The first-order valence-electron chi connectivity index (χ1n) is 9.91. The monoisotopic (exact) mass is 504 g/mol. The highest BCUT2D eigenvalue weighted by Gasteiger charge is 2.63. The molecule has 0 radical (unpaired) electrons. The van der Waals surface area contributed by atoms with Crippen molar-refractivity contribution in [1.29, 1.82) is 0 Å². The van der Waals surface area contributed by atoms with Gasteiger partial charge in [0.1, 0.15) is 11.5 Å². The van der Waals surface area contributed by atoms with Crippen LogP contribution in [0.2, 0.25) is 10.0 Å². The number of hydrogen-bond acceptors (Lipinski definition) is 5. The van der Waals surface area contributed by atoms with Crippen LogP contribution >= 0.6 is 23.2 Å². The molecule has 33 heavy (non-hydrogen) atoms. The van der Waals surface area contributed by atoms with E-state index in [2.05, 4.69) is 15.5 Å². The van der Waals surface area contributed by atoms with Crippen molar-refractivity contribution in [1.82, 2.24) is 15.2 Å². The van der Waals surface area contributed by atoms with Crippen molar-refractivity contribution in [3.8, 4) is 0 Å². The molecular weight excluding hydrogens is 487 g/mol. The SMILES string of the molecule is CC(C)NC(=O)c1cc2c(cn1)CN(C1=NOC(c3cc(Cl)c(F)c(Cl)c3)(C(F)(F)F)C1)C2. The van der Waals surface area contributed by atoms with E-state index in [9.17, 15) is 22.4 Å². The fourth-order valence-electron chi connectivity index (χ4n) is 3.77. The number of fused-ring (bicyclic) bond motifs is 1. The molecule has 2 aliphatic heterocycles. The van der Waals surface area contributed by atoms with E-state index in [-0.39, 0.29) is 36.6 Å². The number of hydrogen-bond donors (Lipinski definition) is 1. The molecule has 3 heterocycles. The number of carbonyl (C=O) groups is 1. The largest absolute Gasteiger partial charge is 0.435 e. The average molecular weight is 505 g/mol. The van der Waals surface area contributed by atoms with Crippen LogP contribution in [0.3, 0.4) is 0 Å². The molecule has 0 aliphatic carbocycles. The van der Waals surface area contributed by atoms with Gasteiger partial charge < -0.3 is 15.1 Å². The highest BCUT2D eigenvalue weighted by Crippen LogP contribution is 2.50. The summed E-state index contributed by atoms with van der Waals surface area (Å²) < 4.78 is 56.3. The van der Waals surface area contributed by atoms with Gasteiger partial charge in [0.05, 0.1) is 16.5 Å². The Morgan fingerprint density at radius 2 is 1.82 bits per heavy atom. The van der Waals surface area contributed by atoms with Crippen molar-refractivity contribution in [2.45, 2.75) is 51.2 Å². The van der Waals surface area contributed by atoms with Crippen LogP contribution in [0.4, 0.5) is 17.6 Å². The van der Waals surface area contributed by atoms with Gasteiger partial charge in [-0.25, -0.2) is 4.39 Å². The lowest BCUT2D eigenvalue weighted by molar-refractivity contribution is -0.275. The summed E-state index contributed by atoms with van der Waals surface area (Å²) >= 11 is 11.5. The lowest BCUT2D eigenvalue weighted by Gasteiger charge is -2.30. The zero-order valence-electron chi connectivity index (χ0n) is 17.4. The van der Waals surface area contributed by atoms with Crippen molar-refractivity contribution in [2.75, 3.05) is 0 Å². The molecule has 0 saturated heterocycles. The Morgan fingerprint density at radius 1 is 1.18 bits per heavy atom. The van der Waals surface area contributed by atoms with Gasteiger partial charge in [-0.15, -0.1) is 0 Å². The number of nitrogens with zero attached hydrogens (tertiary/aromatic N) is 3. The van der Waals surface area contributed by atoms with Gasteiger partial charge in [0.15, 0.2) is 5.82 Å². The number of pyridine rings is 1. The molecule has 1 unspecified atom stereocenters. The van der Waals surface area contributed by atoms with E-state index in [0.29, 0.717) is 0 Å². The fourth-order valence-corrected chi connectivity index (χ4v) is 4.26. The maximum Gasteiger partial charge on any atom is 0.435 e. The Hall–Kier alpha value is -2.59. The second kappa shape index (κ2) is 8.32.